The van der Waals surface area contributed by atoms with Gasteiger partial charge in [-0.3, -0.25) is 4.90 Å². The Hall–Kier alpha value is -0.290. The lowest BCUT2D eigenvalue weighted by atomic mass is 10.2. The molecule has 1 N–H and O–H groups in total. The second kappa shape index (κ2) is 4.29. The van der Waals surface area contributed by atoms with Crippen molar-refractivity contribution >= 4 is 0 Å². The molecular weight excluding hydrogens is 205 g/mol. The number of hydrogen-bond acceptors (Lipinski definition) is 2. The van der Waals surface area contributed by atoms with E-state index in [4.69, 9.17) is 0 Å². The van der Waals surface area contributed by atoms with E-state index in [2.05, 4.69) is 10.2 Å². The molecule has 2 fully saturated rings. The normalized spacial score (nSPS) is 28.6. The van der Waals surface area contributed by atoms with Crippen LogP contribution in [0.4, 0.5) is 13.2 Å². The van der Waals surface area contributed by atoms with Gasteiger partial charge in [0.25, 0.3) is 0 Å². The summed E-state index contributed by atoms with van der Waals surface area (Å²) in [5, 5.41) is 2.99. The smallest absolute Gasteiger partial charge is 0.312 e. The summed E-state index contributed by atoms with van der Waals surface area (Å²) in [6.07, 6.45) is -1.20. The first-order valence-corrected chi connectivity index (χ1v) is 5.59. The van der Waals surface area contributed by atoms with Crippen molar-refractivity contribution in [3.8, 4) is 0 Å². The molecule has 1 aliphatic heterocycles. The number of halogens is 3. The van der Waals surface area contributed by atoms with Gasteiger partial charge in [0, 0.05) is 31.7 Å². The zero-order valence-corrected chi connectivity index (χ0v) is 8.69. The van der Waals surface area contributed by atoms with E-state index >= 15 is 0 Å². The molecule has 2 nitrogen and oxygen atoms in total. The molecule has 1 heterocycles. The van der Waals surface area contributed by atoms with E-state index in [1.807, 2.05) is 0 Å². The Morgan fingerprint density at radius 1 is 1.20 bits per heavy atom. The van der Waals surface area contributed by atoms with Gasteiger partial charge >= 0.3 is 6.18 Å². The van der Waals surface area contributed by atoms with Gasteiger partial charge < -0.3 is 5.32 Å². The highest BCUT2D eigenvalue weighted by Gasteiger charge is 2.34. The molecule has 2 aliphatic rings. The fourth-order valence-electron chi connectivity index (χ4n) is 2.14. The number of rotatable bonds is 4. The minimum Gasteiger partial charge on any atom is -0.312 e. The van der Waals surface area contributed by atoms with E-state index in [0.717, 1.165) is 25.6 Å². The Morgan fingerprint density at radius 2 is 1.93 bits per heavy atom. The highest BCUT2D eigenvalue weighted by atomic mass is 19.4. The second-order valence-corrected chi connectivity index (χ2v) is 4.53. The van der Waals surface area contributed by atoms with Crippen LogP contribution in [0.25, 0.3) is 0 Å². The summed E-state index contributed by atoms with van der Waals surface area (Å²) >= 11 is 0. The molecule has 5 heteroatoms. The monoisotopic (exact) mass is 222 g/mol. The molecule has 2 rings (SSSR count). The predicted molar refractivity (Wildman–Crippen MR) is 51.7 cm³/mol. The molecule has 1 aliphatic carbocycles. The van der Waals surface area contributed by atoms with E-state index in [0.29, 0.717) is 0 Å². The van der Waals surface area contributed by atoms with Crippen molar-refractivity contribution in [2.45, 2.75) is 43.9 Å². The van der Waals surface area contributed by atoms with Crippen LogP contribution in [0, 0.1) is 0 Å². The summed E-state index contributed by atoms with van der Waals surface area (Å²) in [4.78, 5) is 2.39. The highest BCUT2D eigenvalue weighted by molar-refractivity contribution is 4.91. The molecule has 0 aromatic heterocycles. The van der Waals surface area contributed by atoms with E-state index in [-0.39, 0.29) is 12.6 Å². The first-order valence-electron chi connectivity index (χ1n) is 5.59. The zero-order valence-electron chi connectivity index (χ0n) is 8.69. The van der Waals surface area contributed by atoms with Crippen molar-refractivity contribution in [3.05, 3.63) is 0 Å². The number of hydrogen-bond donors (Lipinski definition) is 1. The lowest BCUT2D eigenvalue weighted by Crippen LogP contribution is -2.35. The lowest BCUT2D eigenvalue weighted by molar-refractivity contribution is -0.133. The fourth-order valence-corrected chi connectivity index (χ4v) is 2.14. The Kier molecular flexibility index (Phi) is 3.21. The first-order chi connectivity index (χ1) is 7.04. The summed E-state index contributed by atoms with van der Waals surface area (Å²) in [6.45, 7) is 2.05. The van der Waals surface area contributed by atoms with Crippen LogP contribution in [0.5, 0.6) is 0 Å². The largest absolute Gasteiger partial charge is 0.390 e. The van der Waals surface area contributed by atoms with Gasteiger partial charge in [-0.1, -0.05) is 0 Å². The maximum Gasteiger partial charge on any atom is 0.390 e. The van der Waals surface area contributed by atoms with E-state index in [1.165, 1.54) is 12.8 Å². The predicted octanol–water partition coefficient (Wildman–Crippen LogP) is 1.77. The summed E-state index contributed by atoms with van der Waals surface area (Å²) in [5.74, 6) is 0. The Labute approximate surface area is 87.8 Å². The van der Waals surface area contributed by atoms with Crippen molar-refractivity contribution in [1.29, 1.82) is 0 Å². The van der Waals surface area contributed by atoms with Crippen molar-refractivity contribution < 1.29 is 13.2 Å². The molecule has 1 saturated heterocycles. The molecule has 15 heavy (non-hydrogen) atoms. The van der Waals surface area contributed by atoms with Crippen molar-refractivity contribution in [3.63, 3.8) is 0 Å². The van der Waals surface area contributed by atoms with Crippen LogP contribution >= 0.6 is 0 Å². The zero-order chi connectivity index (χ0) is 10.9. The minimum atomic E-state index is -4.03. The summed E-state index contributed by atoms with van der Waals surface area (Å²) in [7, 11) is 0. The summed E-state index contributed by atoms with van der Waals surface area (Å²) < 4.78 is 35.7. The van der Waals surface area contributed by atoms with E-state index < -0.39 is 12.6 Å². The Balaban J connectivity index is 1.60. The van der Waals surface area contributed by atoms with Crippen LogP contribution in [0.3, 0.4) is 0 Å². The minimum absolute atomic E-state index is 0.0622. The van der Waals surface area contributed by atoms with E-state index in [9.17, 15) is 13.2 Å². The van der Waals surface area contributed by atoms with Gasteiger partial charge in [-0.05, 0) is 19.3 Å². The van der Waals surface area contributed by atoms with Crippen molar-refractivity contribution in [2.75, 3.05) is 19.6 Å². The quantitative estimate of drug-likeness (QED) is 0.779. The van der Waals surface area contributed by atoms with Crippen LogP contribution in [0.1, 0.15) is 25.7 Å². The van der Waals surface area contributed by atoms with Gasteiger partial charge in [-0.2, -0.15) is 13.2 Å². The topological polar surface area (TPSA) is 15.3 Å². The second-order valence-electron chi connectivity index (χ2n) is 4.53. The molecular formula is C10H17F3N2. The number of nitrogens with zero attached hydrogens (tertiary/aromatic N) is 1. The SMILES string of the molecule is FC(F)(F)CCNC1CCN(C2CC2)C1. The molecule has 0 aromatic carbocycles. The average Bonchev–Trinajstić information content (AvgIpc) is 2.86. The van der Waals surface area contributed by atoms with Gasteiger partial charge in [0.2, 0.25) is 0 Å². The van der Waals surface area contributed by atoms with Crippen LogP contribution in [0.2, 0.25) is 0 Å². The third kappa shape index (κ3) is 3.65. The standard InChI is InChI=1S/C10H17F3N2/c11-10(12,13)4-5-14-8-3-6-15(7-8)9-1-2-9/h8-9,14H,1-7H2. The maximum absolute atomic E-state index is 11.9. The van der Waals surface area contributed by atoms with Gasteiger partial charge in [0.05, 0.1) is 6.42 Å². The first kappa shape index (κ1) is 11.2. The third-order valence-corrected chi connectivity index (χ3v) is 3.12. The molecule has 88 valence electrons. The third-order valence-electron chi connectivity index (χ3n) is 3.12. The van der Waals surface area contributed by atoms with Gasteiger partial charge in [0.1, 0.15) is 0 Å². The molecule has 0 spiro atoms. The summed E-state index contributed by atoms with van der Waals surface area (Å²) in [6, 6.07) is 1.01. The molecule has 0 aromatic rings. The Bertz CT molecular complexity index is 213. The fraction of sp³-hybridized carbons (Fsp3) is 1.00. The van der Waals surface area contributed by atoms with Crippen LogP contribution < -0.4 is 5.32 Å². The highest BCUT2D eigenvalue weighted by Crippen LogP contribution is 2.29. The molecule has 1 atom stereocenters. The van der Waals surface area contributed by atoms with E-state index in [1.54, 1.807) is 0 Å². The molecule has 1 unspecified atom stereocenters. The van der Waals surface area contributed by atoms with Crippen molar-refractivity contribution in [1.82, 2.24) is 10.2 Å². The van der Waals surface area contributed by atoms with Crippen LogP contribution in [-0.2, 0) is 0 Å². The molecule has 1 saturated carbocycles. The molecule has 0 bridgehead atoms. The Morgan fingerprint density at radius 3 is 2.53 bits per heavy atom. The molecule has 0 amide bonds. The number of nitrogens with one attached hydrogen (secondary N) is 1. The van der Waals surface area contributed by atoms with Gasteiger partial charge in [-0.15, -0.1) is 0 Å². The van der Waals surface area contributed by atoms with Gasteiger partial charge in [-0.25, -0.2) is 0 Å². The number of likely N-dealkylation sites (tertiary alicyclic amines) is 1. The maximum atomic E-state index is 11.9. The van der Waals surface area contributed by atoms with Crippen LogP contribution in [0.15, 0.2) is 0 Å². The molecule has 0 radical (unpaired) electrons. The number of alkyl halides is 3. The average molecular weight is 222 g/mol. The van der Waals surface area contributed by atoms with Crippen LogP contribution in [-0.4, -0.2) is 42.8 Å². The van der Waals surface area contributed by atoms with Crippen molar-refractivity contribution in [2.24, 2.45) is 0 Å². The van der Waals surface area contributed by atoms with Gasteiger partial charge in [0.15, 0.2) is 0 Å². The summed E-state index contributed by atoms with van der Waals surface area (Å²) in [5.41, 5.74) is 0. The lowest BCUT2D eigenvalue weighted by Gasteiger charge is -2.16.